The lowest BCUT2D eigenvalue weighted by Crippen LogP contribution is -2.44. The van der Waals surface area contributed by atoms with Gasteiger partial charge in [-0.25, -0.2) is 9.78 Å². The van der Waals surface area contributed by atoms with Gasteiger partial charge in [-0.15, -0.1) is 12.4 Å². The maximum Gasteiger partial charge on any atom is 0.328 e. The molecule has 0 saturated carbocycles. The summed E-state index contributed by atoms with van der Waals surface area (Å²) < 4.78 is 5.23. The largest absolute Gasteiger partial charge is 0.458 e. The maximum atomic E-state index is 12.4. The predicted molar refractivity (Wildman–Crippen MR) is 102 cm³/mol. The van der Waals surface area contributed by atoms with Crippen molar-refractivity contribution >= 4 is 30.2 Å². The van der Waals surface area contributed by atoms with Gasteiger partial charge in [-0.2, -0.15) is 0 Å². The summed E-state index contributed by atoms with van der Waals surface area (Å²) in [5.74, 6) is -1.55. The van der Waals surface area contributed by atoms with Gasteiger partial charge in [0, 0.05) is 6.04 Å². The van der Waals surface area contributed by atoms with E-state index in [4.69, 9.17) is 4.74 Å². The standard InChI is InChI=1S/C17H27N5O4.ClH/c1-10(16(25)26-17(2,3)4)21-14(23)12-13(20-9-19-12)15(24)22-11-5-7-18-8-6-11;/h9-11,18H,5-8H2,1-4H3,(H,19,20)(H,21,23)(H,22,24);1H/t10-;/m0./s1. The first-order chi connectivity index (χ1) is 12.2. The number of hydrogen-bond acceptors (Lipinski definition) is 6. The quantitative estimate of drug-likeness (QED) is 0.540. The summed E-state index contributed by atoms with van der Waals surface area (Å²) in [6.45, 7) is 8.44. The molecule has 1 aliphatic rings. The van der Waals surface area contributed by atoms with E-state index in [1.165, 1.54) is 13.3 Å². The fourth-order valence-corrected chi connectivity index (χ4v) is 2.58. The van der Waals surface area contributed by atoms with Crippen LogP contribution in [0.15, 0.2) is 6.33 Å². The van der Waals surface area contributed by atoms with Crippen LogP contribution in [0.4, 0.5) is 0 Å². The summed E-state index contributed by atoms with van der Waals surface area (Å²) in [5.41, 5.74) is -0.619. The molecule has 27 heavy (non-hydrogen) atoms. The van der Waals surface area contributed by atoms with Crippen LogP contribution in [-0.2, 0) is 9.53 Å². The summed E-state index contributed by atoms with van der Waals surface area (Å²) >= 11 is 0. The predicted octanol–water partition coefficient (Wildman–Crippen LogP) is 0.773. The lowest BCUT2D eigenvalue weighted by atomic mass is 10.1. The zero-order valence-corrected chi connectivity index (χ0v) is 16.9. The maximum absolute atomic E-state index is 12.4. The van der Waals surface area contributed by atoms with Gasteiger partial charge in [-0.05, 0) is 53.6 Å². The molecule has 1 aromatic heterocycles. The third kappa shape index (κ3) is 6.84. The van der Waals surface area contributed by atoms with E-state index in [1.807, 2.05) is 0 Å². The van der Waals surface area contributed by atoms with Gasteiger partial charge in [0.1, 0.15) is 17.3 Å². The highest BCUT2D eigenvalue weighted by Gasteiger charge is 2.27. The van der Waals surface area contributed by atoms with Crippen molar-refractivity contribution in [3.8, 4) is 0 Å². The van der Waals surface area contributed by atoms with E-state index in [9.17, 15) is 14.4 Å². The monoisotopic (exact) mass is 401 g/mol. The molecule has 1 aromatic rings. The Bertz CT molecular complexity index is 665. The number of esters is 1. The number of halogens is 1. The van der Waals surface area contributed by atoms with Gasteiger partial charge in [-0.1, -0.05) is 0 Å². The second-order valence-electron chi connectivity index (χ2n) is 7.35. The van der Waals surface area contributed by atoms with E-state index in [1.54, 1.807) is 20.8 Å². The van der Waals surface area contributed by atoms with E-state index in [-0.39, 0.29) is 35.7 Å². The van der Waals surface area contributed by atoms with Crippen LogP contribution in [0.3, 0.4) is 0 Å². The molecule has 152 valence electrons. The highest BCUT2D eigenvalue weighted by molar-refractivity contribution is 6.05. The van der Waals surface area contributed by atoms with Gasteiger partial charge < -0.3 is 25.7 Å². The normalized spacial score (nSPS) is 16.0. The van der Waals surface area contributed by atoms with Crippen LogP contribution in [0.1, 0.15) is 61.5 Å². The van der Waals surface area contributed by atoms with E-state index in [0.29, 0.717) is 0 Å². The Morgan fingerprint density at radius 3 is 2.44 bits per heavy atom. The first kappa shape index (κ1) is 22.9. The molecule has 10 heteroatoms. The van der Waals surface area contributed by atoms with Crippen molar-refractivity contribution in [2.75, 3.05) is 13.1 Å². The van der Waals surface area contributed by atoms with Crippen LogP contribution >= 0.6 is 12.4 Å². The lowest BCUT2D eigenvalue weighted by molar-refractivity contribution is -0.156. The Hall–Kier alpha value is -2.13. The molecular weight excluding hydrogens is 374 g/mol. The number of aromatic amines is 1. The summed E-state index contributed by atoms with van der Waals surface area (Å²) in [6.07, 6.45) is 2.94. The molecular formula is C17H28ClN5O4. The molecule has 0 unspecified atom stereocenters. The number of nitrogens with zero attached hydrogens (tertiary/aromatic N) is 1. The van der Waals surface area contributed by atoms with E-state index < -0.39 is 23.5 Å². The van der Waals surface area contributed by atoms with Crippen molar-refractivity contribution in [1.29, 1.82) is 0 Å². The van der Waals surface area contributed by atoms with Crippen molar-refractivity contribution in [1.82, 2.24) is 25.9 Å². The molecule has 2 amide bonds. The number of nitrogens with one attached hydrogen (secondary N) is 4. The summed E-state index contributed by atoms with van der Waals surface area (Å²) in [5, 5.41) is 8.64. The first-order valence-electron chi connectivity index (χ1n) is 8.76. The first-order valence-corrected chi connectivity index (χ1v) is 8.76. The molecule has 4 N–H and O–H groups in total. The third-order valence-corrected chi connectivity index (χ3v) is 3.86. The number of amides is 2. The Balaban J connectivity index is 0.00000364. The van der Waals surface area contributed by atoms with Crippen molar-refractivity contribution < 1.29 is 19.1 Å². The number of imidazole rings is 1. The van der Waals surface area contributed by atoms with Crippen molar-refractivity contribution in [2.24, 2.45) is 0 Å². The summed E-state index contributed by atoms with van der Waals surface area (Å²) in [4.78, 5) is 43.5. The molecule has 1 fully saturated rings. The van der Waals surface area contributed by atoms with Gasteiger partial charge in [0.05, 0.1) is 6.33 Å². The molecule has 2 heterocycles. The molecule has 0 spiro atoms. The minimum absolute atomic E-state index is 0. The molecule has 1 saturated heterocycles. The van der Waals surface area contributed by atoms with Crippen molar-refractivity contribution in [3.63, 3.8) is 0 Å². The number of rotatable bonds is 5. The van der Waals surface area contributed by atoms with Crippen LogP contribution in [0, 0.1) is 0 Å². The SMILES string of the molecule is C[C@H](NC(=O)c1nc[nH]c1C(=O)NC1CCNCC1)C(=O)OC(C)(C)C.Cl. The average Bonchev–Trinajstić information content (AvgIpc) is 3.04. The minimum atomic E-state index is -0.862. The molecule has 1 atom stereocenters. The highest BCUT2D eigenvalue weighted by atomic mass is 35.5. The summed E-state index contributed by atoms with van der Waals surface area (Å²) in [7, 11) is 0. The molecule has 0 radical (unpaired) electrons. The van der Waals surface area contributed by atoms with Crippen LogP contribution in [0.5, 0.6) is 0 Å². The Labute approximate surface area is 164 Å². The van der Waals surface area contributed by atoms with Crippen LogP contribution in [-0.4, -0.2) is 58.5 Å². The smallest absolute Gasteiger partial charge is 0.328 e. The van der Waals surface area contributed by atoms with Crippen molar-refractivity contribution in [2.45, 2.75) is 58.2 Å². The third-order valence-electron chi connectivity index (χ3n) is 3.86. The number of piperidine rings is 1. The minimum Gasteiger partial charge on any atom is -0.458 e. The zero-order valence-electron chi connectivity index (χ0n) is 16.0. The van der Waals surface area contributed by atoms with E-state index in [0.717, 1.165) is 25.9 Å². The van der Waals surface area contributed by atoms with Crippen molar-refractivity contribution in [3.05, 3.63) is 17.7 Å². The Morgan fingerprint density at radius 2 is 1.85 bits per heavy atom. The highest BCUT2D eigenvalue weighted by Crippen LogP contribution is 2.10. The van der Waals surface area contributed by atoms with Gasteiger partial charge in [0.25, 0.3) is 11.8 Å². The fourth-order valence-electron chi connectivity index (χ4n) is 2.58. The molecule has 1 aliphatic heterocycles. The number of aromatic nitrogens is 2. The average molecular weight is 402 g/mol. The van der Waals surface area contributed by atoms with E-state index >= 15 is 0 Å². The van der Waals surface area contributed by atoms with E-state index in [2.05, 4.69) is 25.9 Å². The number of carbonyl (C=O) groups is 3. The van der Waals surface area contributed by atoms with Gasteiger partial charge in [0.2, 0.25) is 0 Å². The lowest BCUT2D eigenvalue weighted by Gasteiger charge is -2.23. The Kier molecular flexibility index (Phi) is 8.23. The number of ether oxygens (including phenoxy) is 1. The molecule has 0 bridgehead atoms. The molecule has 2 rings (SSSR count). The topological polar surface area (TPSA) is 125 Å². The second-order valence-corrected chi connectivity index (χ2v) is 7.35. The van der Waals surface area contributed by atoms with Gasteiger partial charge in [0.15, 0.2) is 5.69 Å². The van der Waals surface area contributed by atoms with Gasteiger partial charge >= 0.3 is 5.97 Å². The molecule has 0 aromatic carbocycles. The van der Waals surface area contributed by atoms with Crippen LogP contribution in [0.2, 0.25) is 0 Å². The molecule has 0 aliphatic carbocycles. The number of H-pyrrole nitrogens is 1. The second kappa shape index (κ2) is 9.70. The summed E-state index contributed by atoms with van der Waals surface area (Å²) in [6, 6.07) is -0.803. The Morgan fingerprint density at radius 1 is 1.22 bits per heavy atom. The number of carbonyl (C=O) groups excluding carboxylic acids is 3. The van der Waals surface area contributed by atoms with Crippen LogP contribution < -0.4 is 16.0 Å². The van der Waals surface area contributed by atoms with Crippen LogP contribution in [0.25, 0.3) is 0 Å². The van der Waals surface area contributed by atoms with Gasteiger partial charge in [-0.3, -0.25) is 9.59 Å². The zero-order chi connectivity index (χ0) is 19.3. The number of hydrogen-bond donors (Lipinski definition) is 4. The fraction of sp³-hybridized carbons (Fsp3) is 0.647. The molecule has 9 nitrogen and oxygen atoms in total.